The van der Waals surface area contributed by atoms with Gasteiger partial charge in [-0.25, -0.2) is 0 Å². The molecule has 0 aliphatic heterocycles. The van der Waals surface area contributed by atoms with E-state index in [9.17, 15) is 9.59 Å². The maximum atomic E-state index is 11.2. The van der Waals surface area contributed by atoms with Crippen molar-refractivity contribution in [1.82, 2.24) is 10.3 Å². The summed E-state index contributed by atoms with van der Waals surface area (Å²) in [6.45, 7) is 3.88. The van der Waals surface area contributed by atoms with Crippen LogP contribution in [0.1, 0.15) is 21.0 Å². The van der Waals surface area contributed by atoms with Crippen LogP contribution < -0.4 is 5.32 Å². The highest BCUT2D eigenvalue weighted by Crippen LogP contribution is 1.98. The zero-order valence-corrected chi connectivity index (χ0v) is 7.04. The first-order chi connectivity index (χ1) is 6.27. The van der Waals surface area contributed by atoms with Crippen molar-refractivity contribution < 1.29 is 9.59 Å². The molecule has 68 valence electrons. The molecule has 0 aliphatic carbocycles. The standard InChI is InChI=1S/C9H10N2O2/c1-2-5-10-9(13)8-4-3-7(6-12)11-8/h2-4,6,11H,1,5H2,(H,10,13). The second-order valence-corrected chi connectivity index (χ2v) is 2.44. The molecule has 0 saturated carbocycles. The Morgan fingerprint density at radius 3 is 2.92 bits per heavy atom. The zero-order chi connectivity index (χ0) is 9.68. The Labute approximate surface area is 75.6 Å². The molecule has 0 bridgehead atoms. The van der Waals surface area contributed by atoms with Gasteiger partial charge in [-0.05, 0) is 12.1 Å². The Hall–Kier alpha value is -1.84. The van der Waals surface area contributed by atoms with Crippen LogP contribution in [0.15, 0.2) is 24.8 Å². The molecular weight excluding hydrogens is 168 g/mol. The molecule has 0 unspecified atom stereocenters. The first-order valence-corrected chi connectivity index (χ1v) is 3.81. The third-order valence-corrected chi connectivity index (χ3v) is 1.49. The molecule has 4 nitrogen and oxygen atoms in total. The highest BCUT2D eigenvalue weighted by molar-refractivity contribution is 5.93. The van der Waals surface area contributed by atoms with E-state index in [1.165, 1.54) is 0 Å². The summed E-state index contributed by atoms with van der Waals surface area (Å²) in [4.78, 5) is 24.2. The van der Waals surface area contributed by atoms with E-state index >= 15 is 0 Å². The fourth-order valence-corrected chi connectivity index (χ4v) is 0.873. The predicted octanol–water partition coefficient (Wildman–Crippen LogP) is 0.743. The number of hydrogen-bond acceptors (Lipinski definition) is 2. The van der Waals surface area contributed by atoms with Crippen molar-refractivity contribution >= 4 is 12.2 Å². The maximum absolute atomic E-state index is 11.2. The van der Waals surface area contributed by atoms with E-state index in [4.69, 9.17) is 0 Å². The van der Waals surface area contributed by atoms with Gasteiger partial charge in [-0.15, -0.1) is 6.58 Å². The number of carbonyl (C=O) groups excluding carboxylic acids is 2. The topological polar surface area (TPSA) is 62.0 Å². The van der Waals surface area contributed by atoms with Gasteiger partial charge in [0.1, 0.15) is 5.69 Å². The second kappa shape index (κ2) is 4.25. The summed E-state index contributed by atoms with van der Waals surface area (Å²) in [5.41, 5.74) is 0.771. The molecule has 1 aromatic heterocycles. The number of carbonyl (C=O) groups is 2. The lowest BCUT2D eigenvalue weighted by molar-refractivity contribution is 0.0953. The Morgan fingerprint density at radius 1 is 1.62 bits per heavy atom. The number of nitrogens with one attached hydrogen (secondary N) is 2. The van der Waals surface area contributed by atoms with Crippen LogP contribution in [0.25, 0.3) is 0 Å². The van der Waals surface area contributed by atoms with Crippen LogP contribution in [-0.4, -0.2) is 23.7 Å². The summed E-state index contributed by atoms with van der Waals surface area (Å²) in [5, 5.41) is 2.58. The average molecular weight is 178 g/mol. The molecule has 0 spiro atoms. The second-order valence-electron chi connectivity index (χ2n) is 2.44. The van der Waals surface area contributed by atoms with E-state index in [0.717, 1.165) is 0 Å². The lowest BCUT2D eigenvalue weighted by Gasteiger charge is -1.97. The summed E-state index contributed by atoms with van der Waals surface area (Å²) in [6.07, 6.45) is 2.24. The van der Waals surface area contributed by atoms with Crippen molar-refractivity contribution in [3.05, 3.63) is 36.2 Å². The quantitative estimate of drug-likeness (QED) is 0.527. The van der Waals surface area contributed by atoms with Gasteiger partial charge in [0.25, 0.3) is 5.91 Å². The minimum atomic E-state index is -0.243. The van der Waals surface area contributed by atoms with E-state index in [-0.39, 0.29) is 5.91 Å². The van der Waals surface area contributed by atoms with Crippen molar-refractivity contribution in [2.75, 3.05) is 6.54 Å². The van der Waals surface area contributed by atoms with Crippen LogP contribution in [0.5, 0.6) is 0 Å². The van der Waals surface area contributed by atoms with Crippen LogP contribution >= 0.6 is 0 Å². The van der Waals surface area contributed by atoms with E-state index in [1.54, 1.807) is 18.2 Å². The molecule has 1 rings (SSSR count). The Kier molecular flexibility index (Phi) is 3.03. The van der Waals surface area contributed by atoms with Crippen molar-refractivity contribution in [1.29, 1.82) is 0 Å². The van der Waals surface area contributed by atoms with Crippen molar-refractivity contribution in [3.8, 4) is 0 Å². The van der Waals surface area contributed by atoms with Crippen molar-refractivity contribution in [2.45, 2.75) is 0 Å². The van der Waals surface area contributed by atoms with Crippen LogP contribution in [0, 0.1) is 0 Å². The number of hydrogen-bond donors (Lipinski definition) is 2. The van der Waals surface area contributed by atoms with Gasteiger partial charge >= 0.3 is 0 Å². The zero-order valence-electron chi connectivity index (χ0n) is 7.04. The fraction of sp³-hybridized carbons (Fsp3) is 0.111. The molecule has 0 aliphatic rings. The molecule has 2 N–H and O–H groups in total. The predicted molar refractivity (Wildman–Crippen MR) is 48.7 cm³/mol. The maximum Gasteiger partial charge on any atom is 0.267 e. The number of aldehydes is 1. The summed E-state index contributed by atoms with van der Waals surface area (Å²) < 4.78 is 0. The molecule has 0 aromatic carbocycles. The van der Waals surface area contributed by atoms with Crippen LogP contribution in [-0.2, 0) is 0 Å². The van der Waals surface area contributed by atoms with E-state index < -0.39 is 0 Å². The largest absolute Gasteiger partial charge is 0.348 e. The monoisotopic (exact) mass is 178 g/mol. The van der Waals surface area contributed by atoms with Crippen molar-refractivity contribution in [3.63, 3.8) is 0 Å². The molecule has 0 atom stereocenters. The lowest BCUT2D eigenvalue weighted by atomic mass is 10.4. The third-order valence-electron chi connectivity index (χ3n) is 1.49. The number of H-pyrrole nitrogens is 1. The van der Waals surface area contributed by atoms with Gasteiger partial charge in [0.2, 0.25) is 0 Å². The molecule has 1 aromatic rings. The average Bonchev–Trinajstić information content (AvgIpc) is 2.62. The molecule has 13 heavy (non-hydrogen) atoms. The number of aromatic nitrogens is 1. The summed E-state index contributed by atoms with van der Waals surface area (Å²) in [6, 6.07) is 3.11. The Balaban J connectivity index is 2.65. The number of aromatic amines is 1. The smallest absolute Gasteiger partial charge is 0.267 e. The van der Waals surface area contributed by atoms with Gasteiger partial charge in [0.15, 0.2) is 6.29 Å². The van der Waals surface area contributed by atoms with Crippen molar-refractivity contribution in [2.24, 2.45) is 0 Å². The summed E-state index contributed by atoms with van der Waals surface area (Å²) in [7, 11) is 0. The van der Waals surface area contributed by atoms with Gasteiger partial charge in [-0.3, -0.25) is 9.59 Å². The SMILES string of the molecule is C=CCNC(=O)c1ccc(C=O)[nH]1. The first-order valence-electron chi connectivity index (χ1n) is 3.81. The lowest BCUT2D eigenvalue weighted by Crippen LogP contribution is -2.23. The van der Waals surface area contributed by atoms with Crippen LogP contribution in [0.2, 0.25) is 0 Å². The molecule has 0 radical (unpaired) electrons. The van der Waals surface area contributed by atoms with Gasteiger partial charge in [-0.2, -0.15) is 0 Å². The van der Waals surface area contributed by atoms with Crippen LogP contribution in [0.3, 0.4) is 0 Å². The van der Waals surface area contributed by atoms with E-state index in [1.807, 2.05) is 0 Å². The minimum absolute atomic E-state index is 0.243. The molecule has 1 heterocycles. The van der Waals surface area contributed by atoms with Gasteiger partial charge in [0.05, 0.1) is 5.69 Å². The Bertz CT molecular complexity index is 328. The molecule has 1 amide bonds. The number of rotatable bonds is 4. The molecule has 0 fully saturated rings. The fourth-order valence-electron chi connectivity index (χ4n) is 0.873. The van der Waals surface area contributed by atoms with E-state index in [2.05, 4.69) is 16.9 Å². The van der Waals surface area contributed by atoms with Gasteiger partial charge in [0, 0.05) is 6.54 Å². The van der Waals surface area contributed by atoms with Gasteiger partial charge < -0.3 is 10.3 Å². The molecule has 4 heteroatoms. The summed E-state index contributed by atoms with van der Waals surface area (Å²) in [5.74, 6) is -0.243. The normalized spacial score (nSPS) is 9.23. The summed E-state index contributed by atoms with van der Waals surface area (Å²) >= 11 is 0. The van der Waals surface area contributed by atoms with Crippen LogP contribution in [0.4, 0.5) is 0 Å². The third kappa shape index (κ3) is 2.30. The van der Waals surface area contributed by atoms with Gasteiger partial charge in [-0.1, -0.05) is 6.08 Å². The molecule has 0 saturated heterocycles. The van der Waals surface area contributed by atoms with E-state index in [0.29, 0.717) is 24.2 Å². The first kappa shape index (κ1) is 9.25. The Morgan fingerprint density at radius 2 is 2.38 bits per heavy atom. The minimum Gasteiger partial charge on any atom is -0.348 e. The molecular formula is C9H10N2O2. The number of amides is 1. The highest BCUT2D eigenvalue weighted by atomic mass is 16.1. The highest BCUT2D eigenvalue weighted by Gasteiger charge is 2.05.